The second-order valence-electron chi connectivity index (χ2n) is 5.26. The van der Waals surface area contributed by atoms with E-state index in [1.165, 1.54) is 0 Å². The molecule has 0 unspecified atom stereocenters. The number of amides is 1. The maximum atomic E-state index is 11.7. The number of benzene rings is 2. The molecule has 0 spiro atoms. The third-order valence-electron chi connectivity index (χ3n) is 3.47. The van der Waals surface area contributed by atoms with Crippen LogP contribution >= 0.6 is 11.6 Å². The van der Waals surface area contributed by atoms with Crippen molar-refractivity contribution in [3.63, 3.8) is 0 Å². The highest BCUT2D eigenvalue weighted by Crippen LogP contribution is 2.30. The van der Waals surface area contributed by atoms with Crippen LogP contribution in [0.1, 0.15) is 6.42 Å². The van der Waals surface area contributed by atoms with Crippen molar-refractivity contribution >= 4 is 40.0 Å². The average Bonchev–Trinajstić information content (AvgIpc) is 2.55. The number of halogens is 1. The highest BCUT2D eigenvalue weighted by molar-refractivity contribution is 6.31. The normalized spacial score (nSPS) is 10.8. The first-order chi connectivity index (χ1) is 11.6. The van der Waals surface area contributed by atoms with Gasteiger partial charge >= 0.3 is 0 Å². The number of hydrogen-bond acceptors (Lipinski definition) is 5. The van der Waals surface area contributed by atoms with E-state index in [1.54, 1.807) is 24.3 Å². The molecule has 0 fully saturated rings. The number of nitrogens with zero attached hydrogens (tertiary/aromatic N) is 2. The summed E-state index contributed by atoms with van der Waals surface area (Å²) in [4.78, 5) is 20.3. The van der Waals surface area contributed by atoms with Gasteiger partial charge in [-0.3, -0.25) is 4.79 Å². The zero-order chi connectivity index (χ0) is 17.1. The van der Waals surface area contributed by atoms with Crippen LogP contribution in [0.15, 0.2) is 42.5 Å². The molecule has 1 aromatic heterocycles. The van der Waals surface area contributed by atoms with E-state index in [4.69, 9.17) is 23.1 Å². The fraction of sp³-hybridized carbons (Fsp3) is 0.118. The van der Waals surface area contributed by atoms with Crippen molar-refractivity contribution in [3.8, 4) is 11.3 Å². The number of fused-ring (bicyclic) bond motifs is 1. The lowest BCUT2D eigenvalue weighted by Crippen LogP contribution is -2.16. The van der Waals surface area contributed by atoms with E-state index in [0.717, 1.165) is 10.9 Å². The minimum absolute atomic E-state index is 0.134. The van der Waals surface area contributed by atoms with E-state index < -0.39 is 0 Å². The predicted octanol–water partition coefficient (Wildman–Crippen LogP) is 2.82. The van der Waals surface area contributed by atoms with Crippen LogP contribution < -0.4 is 16.8 Å². The topological polar surface area (TPSA) is 107 Å². The molecule has 2 aromatic carbocycles. The maximum Gasteiger partial charge on any atom is 0.225 e. The molecule has 0 saturated heterocycles. The van der Waals surface area contributed by atoms with Gasteiger partial charge < -0.3 is 16.8 Å². The third kappa shape index (κ3) is 3.45. The molecule has 0 radical (unpaired) electrons. The molecular weight excluding hydrogens is 326 g/mol. The SMILES string of the molecule is NCCC(=O)Nc1cccc(-c2nc(N)nc3ccc(Cl)cc23)c1. The van der Waals surface area contributed by atoms with E-state index in [-0.39, 0.29) is 18.3 Å². The lowest BCUT2D eigenvalue weighted by Gasteiger charge is -2.10. The van der Waals surface area contributed by atoms with Gasteiger partial charge in [-0.25, -0.2) is 9.97 Å². The zero-order valence-electron chi connectivity index (χ0n) is 12.8. The molecule has 0 saturated carbocycles. The zero-order valence-corrected chi connectivity index (χ0v) is 13.5. The molecule has 1 amide bonds. The van der Waals surface area contributed by atoms with Gasteiger partial charge in [-0.15, -0.1) is 0 Å². The van der Waals surface area contributed by atoms with E-state index in [9.17, 15) is 4.79 Å². The molecule has 24 heavy (non-hydrogen) atoms. The Labute approximate surface area is 143 Å². The molecular formula is C17H16ClN5O. The summed E-state index contributed by atoms with van der Waals surface area (Å²) in [6.45, 7) is 0.303. The van der Waals surface area contributed by atoms with Crippen LogP contribution in [0.4, 0.5) is 11.6 Å². The summed E-state index contributed by atoms with van der Waals surface area (Å²) in [5.74, 6) is 0.0437. The monoisotopic (exact) mass is 341 g/mol. The van der Waals surface area contributed by atoms with Gasteiger partial charge in [0.05, 0.1) is 11.2 Å². The second-order valence-corrected chi connectivity index (χ2v) is 5.70. The van der Waals surface area contributed by atoms with Gasteiger partial charge in [-0.2, -0.15) is 0 Å². The number of carbonyl (C=O) groups is 1. The van der Waals surface area contributed by atoms with Gasteiger partial charge in [0.2, 0.25) is 11.9 Å². The number of carbonyl (C=O) groups excluding carboxylic acids is 1. The number of nitrogens with one attached hydrogen (secondary N) is 1. The molecule has 3 rings (SSSR count). The van der Waals surface area contributed by atoms with Crippen molar-refractivity contribution in [1.82, 2.24) is 9.97 Å². The van der Waals surface area contributed by atoms with E-state index in [2.05, 4.69) is 15.3 Å². The van der Waals surface area contributed by atoms with Crippen LogP contribution in [0, 0.1) is 0 Å². The van der Waals surface area contributed by atoms with Crippen molar-refractivity contribution < 1.29 is 4.79 Å². The van der Waals surface area contributed by atoms with Crippen molar-refractivity contribution in [2.75, 3.05) is 17.6 Å². The van der Waals surface area contributed by atoms with Crippen LogP contribution in [0.3, 0.4) is 0 Å². The second kappa shape index (κ2) is 6.82. The maximum absolute atomic E-state index is 11.7. The summed E-state index contributed by atoms with van der Waals surface area (Å²) < 4.78 is 0. The molecule has 5 N–H and O–H groups in total. The number of aromatic nitrogens is 2. The molecule has 0 atom stereocenters. The Balaban J connectivity index is 2.07. The Kier molecular flexibility index (Phi) is 4.59. The quantitative estimate of drug-likeness (QED) is 0.676. The average molecular weight is 342 g/mol. The molecule has 0 aliphatic heterocycles. The van der Waals surface area contributed by atoms with Gasteiger partial charge in [0, 0.05) is 34.6 Å². The molecule has 7 heteroatoms. The molecule has 122 valence electrons. The third-order valence-corrected chi connectivity index (χ3v) is 3.70. The number of hydrogen-bond donors (Lipinski definition) is 3. The summed E-state index contributed by atoms with van der Waals surface area (Å²) in [5.41, 5.74) is 14.1. The number of anilines is 2. The van der Waals surface area contributed by atoms with Crippen LogP contribution in [0.25, 0.3) is 22.2 Å². The van der Waals surface area contributed by atoms with Gasteiger partial charge in [-0.1, -0.05) is 23.7 Å². The van der Waals surface area contributed by atoms with Crippen molar-refractivity contribution in [2.45, 2.75) is 6.42 Å². The summed E-state index contributed by atoms with van der Waals surface area (Å²) in [6.07, 6.45) is 0.267. The van der Waals surface area contributed by atoms with Crippen molar-refractivity contribution in [3.05, 3.63) is 47.5 Å². The Bertz CT molecular complexity index is 913. The molecule has 0 bridgehead atoms. The highest BCUT2D eigenvalue weighted by atomic mass is 35.5. The van der Waals surface area contributed by atoms with Gasteiger partial charge in [0.25, 0.3) is 0 Å². The molecule has 0 aliphatic carbocycles. The fourth-order valence-corrected chi connectivity index (χ4v) is 2.61. The summed E-state index contributed by atoms with van der Waals surface area (Å²) in [5, 5.41) is 4.19. The number of nitrogen functional groups attached to an aromatic ring is 1. The number of rotatable bonds is 4. The van der Waals surface area contributed by atoms with E-state index in [0.29, 0.717) is 28.5 Å². The summed E-state index contributed by atoms with van der Waals surface area (Å²) >= 11 is 6.10. The Morgan fingerprint density at radius 1 is 1.17 bits per heavy atom. The Hall–Kier alpha value is -2.70. The van der Waals surface area contributed by atoms with Crippen molar-refractivity contribution in [2.24, 2.45) is 5.73 Å². The molecule has 6 nitrogen and oxygen atoms in total. The fourth-order valence-electron chi connectivity index (χ4n) is 2.44. The van der Waals surface area contributed by atoms with Crippen molar-refractivity contribution in [1.29, 1.82) is 0 Å². The molecule has 1 heterocycles. The first-order valence-corrected chi connectivity index (χ1v) is 7.78. The first-order valence-electron chi connectivity index (χ1n) is 7.40. The lowest BCUT2D eigenvalue weighted by molar-refractivity contribution is -0.116. The van der Waals surface area contributed by atoms with Crippen LogP contribution in [0.5, 0.6) is 0 Å². The molecule has 3 aromatic rings. The molecule has 0 aliphatic rings. The van der Waals surface area contributed by atoms with Crippen LogP contribution in [-0.4, -0.2) is 22.4 Å². The van der Waals surface area contributed by atoms with Gasteiger partial charge in [0.1, 0.15) is 0 Å². The minimum atomic E-state index is -0.134. The lowest BCUT2D eigenvalue weighted by atomic mass is 10.1. The largest absolute Gasteiger partial charge is 0.368 e. The van der Waals surface area contributed by atoms with Crippen LogP contribution in [-0.2, 0) is 4.79 Å². The highest BCUT2D eigenvalue weighted by Gasteiger charge is 2.10. The summed E-state index contributed by atoms with van der Waals surface area (Å²) in [7, 11) is 0. The van der Waals surface area contributed by atoms with E-state index in [1.807, 2.05) is 18.2 Å². The van der Waals surface area contributed by atoms with E-state index >= 15 is 0 Å². The van der Waals surface area contributed by atoms with Crippen LogP contribution in [0.2, 0.25) is 5.02 Å². The summed E-state index contributed by atoms with van der Waals surface area (Å²) in [6, 6.07) is 12.7. The smallest absolute Gasteiger partial charge is 0.225 e. The standard InChI is InChI=1S/C17H16ClN5O/c18-11-4-5-14-13(9-11)16(23-17(20)22-14)10-2-1-3-12(8-10)21-15(24)6-7-19/h1-5,8-9H,6-7,19H2,(H,21,24)(H2,20,22,23). The van der Waals surface area contributed by atoms with Gasteiger partial charge in [0.15, 0.2) is 0 Å². The predicted molar refractivity (Wildman–Crippen MR) is 96.7 cm³/mol. The minimum Gasteiger partial charge on any atom is -0.368 e. The van der Waals surface area contributed by atoms with Gasteiger partial charge in [-0.05, 0) is 30.3 Å². The Morgan fingerprint density at radius 2 is 2.00 bits per heavy atom. The Morgan fingerprint density at radius 3 is 2.79 bits per heavy atom. The first kappa shape index (κ1) is 16.2. The number of nitrogens with two attached hydrogens (primary N) is 2.